The summed E-state index contributed by atoms with van der Waals surface area (Å²) in [4.78, 5) is 12.0. The Hall–Kier alpha value is -1.51. The van der Waals surface area contributed by atoms with Gasteiger partial charge >= 0.3 is 0 Å². The van der Waals surface area contributed by atoms with Crippen molar-refractivity contribution >= 4 is 15.9 Å². The maximum Gasteiger partial charge on any atom is 0.246 e. The first-order valence-electron chi connectivity index (χ1n) is 7.50. The van der Waals surface area contributed by atoms with Crippen LogP contribution >= 0.6 is 0 Å². The van der Waals surface area contributed by atoms with E-state index < -0.39 is 21.3 Å². The van der Waals surface area contributed by atoms with Gasteiger partial charge in [0, 0.05) is 26.7 Å². The average Bonchev–Trinajstić information content (AvgIpc) is 2.98. The van der Waals surface area contributed by atoms with E-state index in [9.17, 15) is 17.6 Å². The fourth-order valence-electron chi connectivity index (χ4n) is 3.48. The lowest BCUT2D eigenvalue weighted by Crippen LogP contribution is -2.57. The summed E-state index contributed by atoms with van der Waals surface area (Å²) in [5.41, 5.74) is -0.897. The summed E-state index contributed by atoms with van der Waals surface area (Å²) in [5, 5.41) is 2.61. The van der Waals surface area contributed by atoms with E-state index in [-0.39, 0.29) is 30.0 Å². The molecule has 1 N–H and O–H groups in total. The van der Waals surface area contributed by atoms with Gasteiger partial charge in [-0.1, -0.05) is 12.1 Å². The maximum atomic E-state index is 13.9. The highest BCUT2D eigenvalue weighted by Gasteiger charge is 2.54. The number of piperidine rings is 1. The summed E-state index contributed by atoms with van der Waals surface area (Å²) in [6.07, 6.45) is 0.580. The Morgan fingerprint density at radius 2 is 2.17 bits per heavy atom. The van der Waals surface area contributed by atoms with Gasteiger partial charge < -0.3 is 10.1 Å². The molecule has 1 aromatic carbocycles. The Labute approximate surface area is 134 Å². The molecule has 0 saturated carbocycles. The molecule has 2 aliphatic rings. The van der Waals surface area contributed by atoms with Crippen LogP contribution in [0.4, 0.5) is 4.39 Å². The third-order valence-electron chi connectivity index (χ3n) is 4.72. The van der Waals surface area contributed by atoms with Gasteiger partial charge in [-0.15, -0.1) is 0 Å². The number of amides is 1. The van der Waals surface area contributed by atoms with E-state index in [2.05, 4.69) is 5.32 Å². The van der Waals surface area contributed by atoms with Crippen LogP contribution in [-0.2, 0) is 19.6 Å². The third-order valence-corrected chi connectivity index (χ3v) is 6.59. The SMILES string of the molecule is CNC(=O)[C@]12CCO[C@H]1CCN(S(=O)(=O)c1ccccc1F)C2. The summed E-state index contributed by atoms with van der Waals surface area (Å²) >= 11 is 0. The molecule has 1 amide bonds. The van der Waals surface area contributed by atoms with Crippen molar-refractivity contribution in [2.45, 2.75) is 23.8 Å². The van der Waals surface area contributed by atoms with Crippen LogP contribution in [0.15, 0.2) is 29.2 Å². The van der Waals surface area contributed by atoms with Gasteiger partial charge in [0.15, 0.2) is 0 Å². The van der Waals surface area contributed by atoms with Crippen LogP contribution in [0, 0.1) is 11.2 Å². The minimum atomic E-state index is -3.99. The van der Waals surface area contributed by atoms with Gasteiger partial charge in [0.1, 0.15) is 10.7 Å². The van der Waals surface area contributed by atoms with Crippen molar-refractivity contribution in [2.24, 2.45) is 5.41 Å². The molecule has 2 heterocycles. The standard InChI is InChI=1S/C15H19FN2O4S/c1-17-14(19)15-7-9-22-13(15)6-8-18(10-15)23(20,21)12-5-3-2-4-11(12)16/h2-5,13H,6-10H2,1H3,(H,17,19)/t13-,15-/m0/s1. The second-order valence-electron chi connectivity index (χ2n) is 5.90. The Balaban J connectivity index is 1.96. The predicted molar refractivity (Wildman–Crippen MR) is 80.6 cm³/mol. The molecule has 0 aliphatic carbocycles. The summed E-state index contributed by atoms with van der Waals surface area (Å²) in [5.74, 6) is -1.01. The highest BCUT2D eigenvalue weighted by atomic mass is 32.2. The molecule has 1 aromatic rings. The van der Waals surface area contributed by atoms with Crippen LogP contribution in [0.2, 0.25) is 0 Å². The van der Waals surface area contributed by atoms with E-state index >= 15 is 0 Å². The number of hydrogen-bond acceptors (Lipinski definition) is 4. The van der Waals surface area contributed by atoms with Crippen molar-refractivity contribution in [1.82, 2.24) is 9.62 Å². The van der Waals surface area contributed by atoms with E-state index in [1.54, 1.807) is 0 Å². The monoisotopic (exact) mass is 342 g/mol. The van der Waals surface area contributed by atoms with Gasteiger partial charge in [-0.2, -0.15) is 4.31 Å². The van der Waals surface area contributed by atoms with Crippen molar-refractivity contribution < 1.29 is 22.3 Å². The molecular formula is C15H19FN2O4S. The summed E-state index contributed by atoms with van der Waals surface area (Å²) < 4.78 is 46.3. The van der Waals surface area contributed by atoms with Crippen LogP contribution in [0.25, 0.3) is 0 Å². The highest BCUT2D eigenvalue weighted by molar-refractivity contribution is 7.89. The number of sulfonamides is 1. The molecule has 2 atom stereocenters. The van der Waals surface area contributed by atoms with Gasteiger partial charge in [-0.3, -0.25) is 4.79 Å². The Bertz CT molecular complexity index is 724. The zero-order valence-corrected chi connectivity index (χ0v) is 13.6. The van der Waals surface area contributed by atoms with Crippen molar-refractivity contribution in [3.63, 3.8) is 0 Å². The van der Waals surface area contributed by atoms with E-state index in [1.807, 2.05) is 0 Å². The van der Waals surface area contributed by atoms with Gasteiger partial charge in [-0.25, -0.2) is 12.8 Å². The zero-order valence-electron chi connectivity index (χ0n) is 12.8. The molecule has 126 valence electrons. The summed E-state index contributed by atoms with van der Waals surface area (Å²) in [6.45, 7) is 0.639. The first-order chi connectivity index (χ1) is 10.9. The fourth-order valence-corrected chi connectivity index (χ4v) is 5.07. The van der Waals surface area contributed by atoms with Gasteiger partial charge in [0.05, 0.1) is 11.5 Å². The van der Waals surface area contributed by atoms with E-state index in [1.165, 1.54) is 29.6 Å². The number of nitrogens with one attached hydrogen (secondary N) is 1. The molecule has 2 fully saturated rings. The number of nitrogens with zero attached hydrogens (tertiary/aromatic N) is 1. The van der Waals surface area contributed by atoms with Crippen molar-refractivity contribution in [1.29, 1.82) is 0 Å². The molecule has 0 aromatic heterocycles. The molecule has 2 saturated heterocycles. The molecule has 0 radical (unpaired) electrons. The maximum absolute atomic E-state index is 13.9. The first kappa shape index (κ1) is 16.4. The van der Waals surface area contributed by atoms with E-state index in [0.717, 1.165) is 6.07 Å². The molecular weight excluding hydrogens is 323 g/mol. The van der Waals surface area contributed by atoms with Crippen molar-refractivity contribution in [3.8, 4) is 0 Å². The van der Waals surface area contributed by atoms with Gasteiger partial charge in [-0.05, 0) is 25.0 Å². The number of hydrogen-bond donors (Lipinski definition) is 1. The van der Waals surface area contributed by atoms with Crippen molar-refractivity contribution in [2.75, 3.05) is 26.7 Å². The number of carbonyl (C=O) groups excluding carboxylic acids is 1. The topological polar surface area (TPSA) is 75.7 Å². The zero-order chi connectivity index (χ0) is 16.7. The largest absolute Gasteiger partial charge is 0.377 e. The number of rotatable bonds is 3. The molecule has 0 bridgehead atoms. The molecule has 8 heteroatoms. The Morgan fingerprint density at radius 3 is 2.87 bits per heavy atom. The molecule has 3 rings (SSSR count). The minimum absolute atomic E-state index is 0.00794. The lowest BCUT2D eigenvalue weighted by atomic mass is 9.76. The van der Waals surface area contributed by atoms with Crippen LogP contribution in [0.1, 0.15) is 12.8 Å². The predicted octanol–water partition coefficient (Wildman–Crippen LogP) is 0.741. The number of ether oxygens (including phenoxy) is 1. The van der Waals surface area contributed by atoms with E-state index in [4.69, 9.17) is 4.74 Å². The van der Waals surface area contributed by atoms with Crippen LogP contribution in [0.5, 0.6) is 0 Å². The molecule has 23 heavy (non-hydrogen) atoms. The Morgan fingerprint density at radius 1 is 1.43 bits per heavy atom. The minimum Gasteiger partial charge on any atom is -0.377 e. The van der Waals surface area contributed by atoms with Crippen molar-refractivity contribution in [3.05, 3.63) is 30.1 Å². The first-order valence-corrected chi connectivity index (χ1v) is 8.94. The lowest BCUT2D eigenvalue weighted by Gasteiger charge is -2.41. The summed E-state index contributed by atoms with van der Waals surface area (Å²) in [6, 6.07) is 5.29. The number of fused-ring (bicyclic) bond motifs is 1. The normalized spacial score (nSPS) is 28.3. The smallest absolute Gasteiger partial charge is 0.246 e. The third kappa shape index (κ3) is 2.54. The number of benzene rings is 1. The Kier molecular flexibility index (Phi) is 4.16. The number of carbonyl (C=O) groups is 1. The fraction of sp³-hybridized carbons (Fsp3) is 0.533. The molecule has 6 nitrogen and oxygen atoms in total. The van der Waals surface area contributed by atoms with Gasteiger partial charge in [0.2, 0.25) is 15.9 Å². The molecule has 0 spiro atoms. The lowest BCUT2D eigenvalue weighted by molar-refractivity contribution is -0.136. The molecule has 2 aliphatic heterocycles. The quantitative estimate of drug-likeness (QED) is 0.879. The van der Waals surface area contributed by atoms with Crippen LogP contribution in [0.3, 0.4) is 0 Å². The van der Waals surface area contributed by atoms with Crippen LogP contribution in [-0.4, -0.2) is 51.5 Å². The van der Waals surface area contributed by atoms with Crippen LogP contribution < -0.4 is 5.32 Å². The second-order valence-corrected chi connectivity index (χ2v) is 7.81. The van der Waals surface area contributed by atoms with Gasteiger partial charge in [0.25, 0.3) is 0 Å². The average molecular weight is 342 g/mol. The second kappa shape index (κ2) is 5.85. The molecule has 0 unspecified atom stereocenters. The van der Waals surface area contributed by atoms with E-state index in [0.29, 0.717) is 19.4 Å². The highest BCUT2D eigenvalue weighted by Crippen LogP contribution is 2.42. The summed E-state index contributed by atoms with van der Waals surface area (Å²) in [7, 11) is -2.46. The number of halogens is 1.